The van der Waals surface area contributed by atoms with Gasteiger partial charge in [-0.05, 0) is 44.5 Å². The third-order valence-corrected chi connectivity index (χ3v) is 2.56. The topological polar surface area (TPSA) is 35.2 Å². The van der Waals surface area contributed by atoms with E-state index in [1.165, 1.54) is 6.42 Å². The van der Waals surface area contributed by atoms with Crippen molar-refractivity contribution in [2.45, 2.75) is 64.9 Å². The monoisotopic (exact) mass is 213 g/mol. The fourth-order valence-corrected chi connectivity index (χ4v) is 1.30. The molecule has 0 spiro atoms. The van der Waals surface area contributed by atoms with Crippen molar-refractivity contribution in [1.82, 2.24) is 0 Å². The number of hydrogen-bond acceptors (Lipinski definition) is 2. The van der Waals surface area contributed by atoms with Crippen LogP contribution in [0.5, 0.6) is 0 Å². The van der Waals surface area contributed by atoms with Gasteiger partial charge in [0.05, 0.1) is 5.60 Å². The van der Waals surface area contributed by atoms with Crippen molar-refractivity contribution in [2.24, 2.45) is 11.7 Å². The number of ether oxygens (including phenoxy) is 1. The minimum Gasteiger partial charge on any atom is -0.376 e. The van der Waals surface area contributed by atoms with E-state index in [1.54, 1.807) is 0 Å². The van der Waals surface area contributed by atoms with Crippen LogP contribution in [0.4, 0.5) is 0 Å². The summed E-state index contributed by atoms with van der Waals surface area (Å²) in [6.45, 7) is 11.6. The van der Waals surface area contributed by atoms with Crippen LogP contribution in [0, 0.1) is 5.92 Å². The summed E-state index contributed by atoms with van der Waals surface area (Å²) in [5.74, 6) is 0.749. The largest absolute Gasteiger partial charge is 0.376 e. The summed E-state index contributed by atoms with van der Waals surface area (Å²) in [6.07, 6.45) is 3.26. The molecule has 90 valence electrons. The zero-order valence-electron chi connectivity index (χ0n) is 11.4. The highest BCUT2D eigenvalue weighted by atomic mass is 16.5. The molecule has 0 saturated heterocycles. The lowest BCUT2D eigenvalue weighted by Gasteiger charge is -2.28. The van der Waals surface area contributed by atoms with Crippen molar-refractivity contribution >= 4 is 7.85 Å². The van der Waals surface area contributed by atoms with Gasteiger partial charge in [-0.3, -0.25) is 0 Å². The van der Waals surface area contributed by atoms with E-state index in [9.17, 15) is 0 Å². The first kappa shape index (κ1) is 15.0. The van der Waals surface area contributed by atoms with Crippen molar-refractivity contribution in [3.05, 3.63) is 0 Å². The Balaban J connectivity index is 3.74. The Morgan fingerprint density at radius 3 is 2.13 bits per heavy atom. The molecule has 0 aliphatic heterocycles. The predicted molar refractivity (Wildman–Crippen MR) is 69.9 cm³/mol. The molecule has 0 aromatic carbocycles. The molecule has 2 N–H and O–H groups in total. The van der Waals surface area contributed by atoms with Crippen LogP contribution in [0.2, 0.25) is 0 Å². The van der Waals surface area contributed by atoms with Gasteiger partial charge in [-0.25, -0.2) is 0 Å². The van der Waals surface area contributed by atoms with E-state index in [-0.39, 0.29) is 11.0 Å². The Kier molecular flexibility index (Phi) is 5.90. The Morgan fingerprint density at radius 2 is 1.73 bits per heavy atom. The molecular formula is C12H28BNO. The van der Waals surface area contributed by atoms with Crippen LogP contribution < -0.4 is 5.73 Å². The number of nitrogens with two attached hydrogens (primary N) is 1. The van der Waals surface area contributed by atoms with Gasteiger partial charge in [0, 0.05) is 6.61 Å². The van der Waals surface area contributed by atoms with Crippen molar-refractivity contribution in [2.75, 3.05) is 6.61 Å². The zero-order valence-corrected chi connectivity index (χ0v) is 11.4. The molecule has 0 bridgehead atoms. The highest BCUT2D eigenvalue weighted by molar-refractivity contribution is 6.14. The summed E-state index contributed by atoms with van der Waals surface area (Å²) in [4.78, 5) is 0. The summed E-state index contributed by atoms with van der Waals surface area (Å²) in [7, 11) is 2.04. The predicted octanol–water partition coefficient (Wildman–Crippen LogP) is 1.92. The molecule has 0 radical (unpaired) electrons. The SMILES string of the molecule is BC(C)(N)CCOC(C)(C)CCC(C)C. The maximum Gasteiger partial charge on any atom is 0.126 e. The molecule has 0 amide bonds. The van der Waals surface area contributed by atoms with Crippen molar-refractivity contribution in [3.8, 4) is 0 Å². The van der Waals surface area contributed by atoms with E-state index in [0.29, 0.717) is 0 Å². The molecule has 2 nitrogen and oxygen atoms in total. The summed E-state index contributed by atoms with van der Waals surface area (Å²) >= 11 is 0. The van der Waals surface area contributed by atoms with Gasteiger partial charge in [0.2, 0.25) is 0 Å². The third-order valence-electron chi connectivity index (χ3n) is 2.56. The first-order valence-electron chi connectivity index (χ1n) is 6.05. The number of hydrogen-bond donors (Lipinski definition) is 1. The molecule has 0 aromatic heterocycles. The second kappa shape index (κ2) is 5.90. The molecule has 1 atom stereocenters. The van der Waals surface area contributed by atoms with E-state index < -0.39 is 0 Å². The maximum absolute atomic E-state index is 5.91. The Labute approximate surface area is 96.4 Å². The van der Waals surface area contributed by atoms with Crippen LogP contribution >= 0.6 is 0 Å². The van der Waals surface area contributed by atoms with Crippen molar-refractivity contribution < 1.29 is 4.74 Å². The lowest BCUT2D eigenvalue weighted by molar-refractivity contribution is -0.0300. The molecule has 1 unspecified atom stereocenters. The molecule has 0 aliphatic rings. The molecule has 0 rings (SSSR count). The zero-order chi connectivity index (χ0) is 12.1. The molecule has 0 aliphatic carbocycles. The third kappa shape index (κ3) is 10.3. The Bertz CT molecular complexity index is 173. The van der Waals surface area contributed by atoms with Crippen LogP contribution in [-0.2, 0) is 4.74 Å². The normalized spacial score (nSPS) is 16.7. The van der Waals surface area contributed by atoms with Crippen molar-refractivity contribution in [3.63, 3.8) is 0 Å². The summed E-state index contributed by atoms with van der Waals surface area (Å²) in [6, 6.07) is 0. The Morgan fingerprint density at radius 1 is 1.20 bits per heavy atom. The fourth-order valence-electron chi connectivity index (χ4n) is 1.30. The van der Waals surface area contributed by atoms with Crippen LogP contribution in [-0.4, -0.2) is 25.5 Å². The van der Waals surface area contributed by atoms with E-state index >= 15 is 0 Å². The Hall–Kier alpha value is -0.0151. The average Bonchev–Trinajstić information content (AvgIpc) is 1.98. The lowest BCUT2D eigenvalue weighted by Crippen LogP contribution is -2.39. The van der Waals surface area contributed by atoms with Gasteiger partial charge in [0.15, 0.2) is 0 Å². The molecule has 0 saturated carbocycles. The van der Waals surface area contributed by atoms with E-state index in [1.807, 2.05) is 14.8 Å². The van der Waals surface area contributed by atoms with Gasteiger partial charge in [0.1, 0.15) is 7.85 Å². The van der Waals surface area contributed by atoms with Gasteiger partial charge in [0.25, 0.3) is 0 Å². The summed E-state index contributed by atoms with van der Waals surface area (Å²) in [5, 5.41) is 0. The fraction of sp³-hybridized carbons (Fsp3) is 1.00. The van der Waals surface area contributed by atoms with E-state index in [0.717, 1.165) is 25.4 Å². The molecule has 0 fully saturated rings. The molecule has 0 aromatic rings. The first-order chi connectivity index (χ1) is 6.62. The lowest BCUT2D eigenvalue weighted by atomic mass is 9.78. The minimum atomic E-state index is -0.117. The number of rotatable bonds is 7. The standard InChI is InChI=1S/C12H28BNO/c1-10(2)6-7-11(3,4)15-9-8-12(5,13)14/h10H,6-9,13-14H2,1-5H3. The quantitative estimate of drug-likeness (QED) is 0.655. The molecule has 3 heteroatoms. The van der Waals surface area contributed by atoms with Gasteiger partial charge in [-0.15, -0.1) is 0 Å². The van der Waals surface area contributed by atoms with Gasteiger partial charge in [-0.2, -0.15) is 0 Å². The summed E-state index contributed by atoms with van der Waals surface area (Å²) in [5.41, 5.74) is 5.79. The van der Waals surface area contributed by atoms with E-state index in [2.05, 4.69) is 27.7 Å². The van der Waals surface area contributed by atoms with Crippen molar-refractivity contribution in [1.29, 1.82) is 0 Å². The van der Waals surface area contributed by atoms with Crippen LogP contribution in [0.1, 0.15) is 53.9 Å². The van der Waals surface area contributed by atoms with E-state index in [4.69, 9.17) is 10.5 Å². The highest BCUT2D eigenvalue weighted by Crippen LogP contribution is 2.20. The minimum absolute atomic E-state index is 0.00444. The second-order valence-electron chi connectivity index (χ2n) is 6.28. The maximum atomic E-state index is 5.91. The highest BCUT2D eigenvalue weighted by Gasteiger charge is 2.20. The summed E-state index contributed by atoms with van der Waals surface area (Å²) < 4.78 is 5.88. The van der Waals surface area contributed by atoms with Crippen LogP contribution in [0.15, 0.2) is 0 Å². The first-order valence-corrected chi connectivity index (χ1v) is 6.05. The molecule has 15 heavy (non-hydrogen) atoms. The van der Waals surface area contributed by atoms with Crippen LogP contribution in [0.3, 0.4) is 0 Å². The molecular weight excluding hydrogens is 185 g/mol. The molecule has 0 heterocycles. The second-order valence-corrected chi connectivity index (χ2v) is 6.28. The van der Waals surface area contributed by atoms with Gasteiger partial charge in [-0.1, -0.05) is 20.8 Å². The van der Waals surface area contributed by atoms with Gasteiger partial charge >= 0.3 is 0 Å². The van der Waals surface area contributed by atoms with Gasteiger partial charge < -0.3 is 10.5 Å². The van der Waals surface area contributed by atoms with Crippen LogP contribution in [0.25, 0.3) is 0 Å². The smallest absolute Gasteiger partial charge is 0.126 e. The average molecular weight is 213 g/mol.